The third-order valence-corrected chi connectivity index (χ3v) is 7.35. The van der Waals surface area contributed by atoms with Crippen molar-refractivity contribution in [3.8, 4) is 5.75 Å². The van der Waals surface area contributed by atoms with E-state index in [1.54, 1.807) is 44.2 Å². The summed E-state index contributed by atoms with van der Waals surface area (Å²) >= 11 is 3.09. The van der Waals surface area contributed by atoms with Gasteiger partial charge in [0, 0.05) is 12.6 Å². The number of carbonyl (C=O) groups excluding carboxylic acids is 1. The van der Waals surface area contributed by atoms with E-state index in [0.717, 1.165) is 4.57 Å². The van der Waals surface area contributed by atoms with Crippen LogP contribution in [0.4, 0.5) is 0 Å². The van der Waals surface area contributed by atoms with Crippen LogP contribution in [0.2, 0.25) is 0 Å². The number of carbonyl (C=O) groups is 1. The van der Waals surface area contributed by atoms with Crippen molar-refractivity contribution in [2.75, 3.05) is 13.7 Å². The fraction of sp³-hybridized carbons (Fsp3) is 0.435. The molecule has 3 rings (SSSR count). The van der Waals surface area contributed by atoms with E-state index >= 15 is 0 Å². The lowest BCUT2D eigenvalue weighted by atomic mass is 10.1. The quantitative estimate of drug-likeness (QED) is 0.258. The van der Waals surface area contributed by atoms with Gasteiger partial charge in [0.2, 0.25) is 0 Å². The number of hydrogen-bond acceptors (Lipinski definition) is 9. The minimum Gasteiger partial charge on any atom is -0.468 e. The Hall–Kier alpha value is -2.54. The molecule has 1 saturated heterocycles. The second-order valence-corrected chi connectivity index (χ2v) is 10.8. The molecule has 0 radical (unpaired) electrons. The molecular weight excluding hydrogens is 573 g/mol. The van der Waals surface area contributed by atoms with Crippen molar-refractivity contribution in [3.63, 3.8) is 0 Å². The molecule has 37 heavy (non-hydrogen) atoms. The lowest BCUT2D eigenvalue weighted by Gasteiger charge is -2.27. The number of aliphatic hydroxyl groups excluding tert-OH is 1. The Morgan fingerprint density at radius 1 is 1.35 bits per heavy atom. The highest BCUT2D eigenvalue weighted by molar-refractivity contribution is 9.11. The van der Waals surface area contributed by atoms with Gasteiger partial charge in [-0.2, -0.15) is 5.09 Å². The second kappa shape index (κ2) is 12.8. The number of esters is 1. The van der Waals surface area contributed by atoms with Gasteiger partial charge in [-0.05, 0) is 29.1 Å². The van der Waals surface area contributed by atoms with E-state index in [9.17, 15) is 24.1 Å². The van der Waals surface area contributed by atoms with Gasteiger partial charge in [0.15, 0.2) is 0 Å². The number of nitrogens with zero attached hydrogens (tertiary/aromatic N) is 1. The SMILES string of the molecule is COC(=O)[C@@H](NP(=O)(OCC1OC(n2cc(/C=C/Br)c(=O)[nH]c2=O)CC1O)Oc1ccccc1)C(C)C. The van der Waals surface area contributed by atoms with Gasteiger partial charge in [-0.25, -0.2) is 9.36 Å². The molecule has 3 N–H and O–H groups in total. The maximum absolute atomic E-state index is 13.7. The zero-order chi connectivity index (χ0) is 27.2. The summed E-state index contributed by atoms with van der Waals surface area (Å²) in [7, 11) is -2.98. The number of nitrogens with one attached hydrogen (secondary N) is 2. The molecule has 0 saturated carbocycles. The smallest absolute Gasteiger partial charge is 0.459 e. The van der Waals surface area contributed by atoms with E-state index in [0.29, 0.717) is 0 Å². The maximum atomic E-state index is 13.7. The summed E-state index contributed by atoms with van der Waals surface area (Å²) in [5, 5.41) is 13.2. The molecule has 0 aliphatic carbocycles. The highest BCUT2D eigenvalue weighted by atomic mass is 79.9. The Kier molecular flexibility index (Phi) is 10.0. The Bertz CT molecular complexity index is 1260. The highest BCUT2D eigenvalue weighted by Gasteiger charge is 2.40. The van der Waals surface area contributed by atoms with E-state index in [1.165, 1.54) is 24.4 Å². The van der Waals surface area contributed by atoms with Crippen molar-refractivity contribution in [3.05, 3.63) is 67.9 Å². The second-order valence-electron chi connectivity index (χ2n) is 8.55. The topological polar surface area (TPSA) is 158 Å². The summed E-state index contributed by atoms with van der Waals surface area (Å²) in [5.74, 6) is -0.751. The summed E-state index contributed by atoms with van der Waals surface area (Å²) < 4.78 is 36.8. The molecule has 1 aromatic carbocycles. The molecule has 4 unspecified atom stereocenters. The fourth-order valence-corrected chi connectivity index (χ4v) is 5.54. The normalized spacial score (nSPS) is 22.2. The number of hydrogen-bond donors (Lipinski definition) is 3. The van der Waals surface area contributed by atoms with Crippen LogP contribution in [0, 0.1) is 5.92 Å². The summed E-state index contributed by atoms with van der Waals surface area (Å²) in [6.45, 7) is 3.07. The van der Waals surface area contributed by atoms with Crippen LogP contribution in [0.1, 0.15) is 32.1 Å². The van der Waals surface area contributed by atoms with E-state index in [1.807, 2.05) is 0 Å². The van der Waals surface area contributed by atoms with Crippen molar-refractivity contribution in [2.45, 2.75) is 44.7 Å². The van der Waals surface area contributed by atoms with Gasteiger partial charge in [0.05, 0.1) is 25.4 Å². The van der Waals surface area contributed by atoms with Gasteiger partial charge in [0.25, 0.3) is 5.56 Å². The zero-order valence-electron chi connectivity index (χ0n) is 20.4. The Morgan fingerprint density at radius 3 is 2.68 bits per heavy atom. The first-order valence-electron chi connectivity index (χ1n) is 11.4. The molecule has 12 nitrogen and oxygen atoms in total. The lowest BCUT2D eigenvalue weighted by molar-refractivity contribution is -0.143. The number of aliphatic hydroxyl groups is 1. The Labute approximate surface area is 221 Å². The van der Waals surface area contributed by atoms with Crippen LogP contribution in [-0.4, -0.2) is 52.6 Å². The molecule has 0 spiro atoms. The highest BCUT2D eigenvalue weighted by Crippen LogP contribution is 2.46. The first-order chi connectivity index (χ1) is 17.6. The maximum Gasteiger partial charge on any atom is 0.459 e. The molecular formula is C23H29BrN3O9P. The van der Waals surface area contributed by atoms with Crippen molar-refractivity contribution in [2.24, 2.45) is 5.92 Å². The first kappa shape index (κ1) is 29.0. The van der Waals surface area contributed by atoms with Crippen LogP contribution in [-0.2, 0) is 23.4 Å². The molecule has 0 amide bonds. The number of ether oxygens (including phenoxy) is 2. The lowest BCUT2D eigenvalue weighted by Crippen LogP contribution is -2.41. The van der Waals surface area contributed by atoms with Crippen LogP contribution in [0.15, 0.2) is 51.1 Å². The average molecular weight is 602 g/mol. The number of halogens is 1. The molecule has 202 valence electrons. The van der Waals surface area contributed by atoms with Gasteiger partial charge < -0.3 is 19.1 Å². The monoisotopic (exact) mass is 601 g/mol. The zero-order valence-corrected chi connectivity index (χ0v) is 22.9. The van der Waals surface area contributed by atoms with Gasteiger partial charge in [-0.3, -0.25) is 23.7 Å². The molecule has 5 atom stereocenters. The predicted molar refractivity (Wildman–Crippen MR) is 138 cm³/mol. The Balaban J connectivity index is 1.80. The van der Waals surface area contributed by atoms with Gasteiger partial charge >= 0.3 is 19.4 Å². The standard InChI is InChI=1S/C23H29BrN3O9P/c1-14(2)20(22(30)33-3)26-37(32,36-16-7-5-4-6-8-16)34-13-18-17(28)11-19(35-18)27-12-15(9-10-24)21(29)25-23(27)31/h4-10,12,14,17-20,28H,11,13H2,1-3H3,(H,26,32)(H,25,29,31)/b10-9+/t17?,18?,19?,20-,37?/m0/s1. The Morgan fingerprint density at radius 2 is 2.05 bits per heavy atom. The van der Waals surface area contributed by atoms with E-state index in [4.69, 9.17) is 18.5 Å². The molecule has 1 fully saturated rings. The summed E-state index contributed by atoms with van der Waals surface area (Å²) in [4.78, 5) is 40.3. The fourth-order valence-electron chi connectivity index (χ4n) is 3.59. The van der Waals surface area contributed by atoms with Crippen molar-refractivity contribution in [1.29, 1.82) is 0 Å². The third kappa shape index (κ3) is 7.50. The average Bonchev–Trinajstić information content (AvgIpc) is 3.23. The third-order valence-electron chi connectivity index (χ3n) is 5.55. The minimum absolute atomic E-state index is 0.00545. The van der Waals surface area contributed by atoms with Crippen molar-refractivity contribution in [1.82, 2.24) is 14.6 Å². The number of aromatic nitrogens is 2. The van der Waals surface area contributed by atoms with E-state index < -0.39 is 56.0 Å². The van der Waals surface area contributed by atoms with Gasteiger partial charge in [-0.1, -0.05) is 48.0 Å². The van der Waals surface area contributed by atoms with Crippen LogP contribution < -0.4 is 20.9 Å². The van der Waals surface area contributed by atoms with Crippen molar-refractivity contribution < 1.29 is 33.0 Å². The number of methoxy groups -OCH3 is 1. The summed E-state index contributed by atoms with van der Waals surface area (Å²) in [6, 6.07) is 7.22. The molecule has 2 heterocycles. The number of aromatic amines is 1. The van der Waals surface area contributed by atoms with Crippen LogP contribution in [0.3, 0.4) is 0 Å². The molecule has 1 aliphatic rings. The van der Waals surface area contributed by atoms with Crippen LogP contribution >= 0.6 is 23.7 Å². The predicted octanol–water partition coefficient (Wildman–Crippen LogP) is 2.54. The van der Waals surface area contributed by atoms with Crippen LogP contribution in [0.5, 0.6) is 5.75 Å². The summed E-state index contributed by atoms with van der Waals surface area (Å²) in [5.41, 5.74) is -1.10. The van der Waals surface area contributed by atoms with Gasteiger partial charge in [-0.15, -0.1) is 0 Å². The summed E-state index contributed by atoms with van der Waals surface area (Å²) in [6.07, 6.45) is -0.235. The number of benzene rings is 1. The molecule has 2 aromatic rings. The number of para-hydroxylation sites is 1. The molecule has 0 bridgehead atoms. The van der Waals surface area contributed by atoms with Crippen molar-refractivity contribution >= 4 is 35.7 Å². The number of H-pyrrole nitrogens is 1. The van der Waals surface area contributed by atoms with Gasteiger partial charge in [0.1, 0.15) is 24.1 Å². The first-order valence-corrected chi connectivity index (χ1v) is 13.8. The largest absolute Gasteiger partial charge is 0.468 e. The van der Waals surface area contributed by atoms with E-state index in [-0.39, 0.29) is 23.7 Å². The number of rotatable bonds is 11. The minimum atomic E-state index is -4.19. The van der Waals surface area contributed by atoms with E-state index in [2.05, 4.69) is 26.0 Å². The molecule has 14 heteroatoms. The molecule has 1 aromatic heterocycles. The molecule has 1 aliphatic heterocycles. The van der Waals surface area contributed by atoms with Crippen LogP contribution in [0.25, 0.3) is 6.08 Å².